The van der Waals surface area contributed by atoms with Crippen molar-refractivity contribution in [3.8, 4) is 11.8 Å². The van der Waals surface area contributed by atoms with E-state index in [4.69, 9.17) is 9.47 Å². The number of benzene rings is 1. The van der Waals surface area contributed by atoms with Crippen LogP contribution in [0, 0.1) is 11.8 Å². The fourth-order valence-electron chi connectivity index (χ4n) is 3.12. The number of hydrogen-bond donors (Lipinski definition) is 1. The minimum atomic E-state index is 0.0463. The van der Waals surface area contributed by atoms with Gasteiger partial charge in [-0.25, -0.2) is 9.97 Å². The van der Waals surface area contributed by atoms with Gasteiger partial charge < -0.3 is 14.8 Å². The average Bonchev–Trinajstić information content (AvgIpc) is 2.68. The van der Waals surface area contributed by atoms with Gasteiger partial charge in [0.1, 0.15) is 0 Å². The minimum Gasteiger partial charge on any atom is -0.379 e. The number of nitrogens with zero attached hydrogens (tertiary/aromatic N) is 2. The fraction of sp³-hybridized carbons (Fsp3) is 0.400. The van der Waals surface area contributed by atoms with E-state index in [1.165, 1.54) is 0 Å². The maximum atomic E-state index is 5.60. The van der Waals surface area contributed by atoms with Crippen molar-refractivity contribution in [2.45, 2.75) is 37.5 Å². The van der Waals surface area contributed by atoms with Crippen LogP contribution in [0.5, 0.6) is 0 Å². The first-order chi connectivity index (χ1) is 12.3. The molecule has 1 aromatic heterocycles. The van der Waals surface area contributed by atoms with Crippen molar-refractivity contribution in [3.63, 3.8) is 0 Å². The molecular weight excluding hydrogens is 314 g/mol. The molecule has 1 fully saturated rings. The number of hydrogen-bond acceptors (Lipinski definition) is 5. The summed E-state index contributed by atoms with van der Waals surface area (Å²) < 4.78 is 11.2. The second-order valence-electron chi connectivity index (χ2n) is 6.06. The average molecular weight is 337 g/mol. The highest BCUT2D eigenvalue weighted by atomic mass is 16.5. The lowest BCUT2D eigenvalue weighted by Crippen LogP contribution is -2.48. The normalized spacial score (nSPS) is 22.7. The van der Waals surface area contributed by atoms with Gasteiger partial charge in [0.25, 0.3) is 0 Å². The number of rotatable bonds is 4. The molecule has 2 unspecified atom stereocenters. The smallest absolute Gasteiger partial charge is 0.223 e. The van der Waals surface area contributed by atoms with Crippen LogP contribution >= 0.6 is 0 Å². The monoisotopic (exact) mass is 337 g/mol. The van der Waals surface area contributed by atoms with E-state index >= 15 is 0 Å². The van der Waals surface area contributed by atoms with E-state index in [1.54, 1.807) is 26.6 Å². The summed E-state index contributed by atoms with van der Waals surface area (Å²) in [6.45, 7) is 0. The molecule has 1 aliphatic rings. The number of ether oxygens (including phenoxy) is 2. The number of anilines is 1. The minimum absolute atomic E-state index is 0.0463. The summed E-state index contributed by atoms with van der Waals surface area (Å²) in [7, 11) is 3.47. The van der Waals surface area contributed by atoms with E-state index in [0.717, 1.165) is 30.4 Å². The summed E-state index contributed by atoms with van der Waals surface area (Å²) >= 11 is 0. The molecule has 0 radical (unpaired) electrons. The zero-order chi connectivity index (χ0) is 17.5. The molecule has 0 saturated heterocycles. The standard InChI is InChI=1S/C20H23N3O2/c1-24-17-9-6-10-18(25-2)19(17)23-20-21-13-16(14-22-20)12-11-15-7-4-3-5-8-15/h3-5,7-8,13-14,17-19H,6,9-10H2,1-2H3,(H,21,22,23). The van der Waals surface area contributed by atoms with E-state index in [0.29, 0.717) is 5.95 Å². The third-order valence-electron chi connectivity index (χ3n) is 4.46. The Kier molecular flexibility index (Phi) is 5.99. The van der Waals surface area contributed by atoms with Crippen LogP contribution in [0.3, 0.4) is 0 Å². The highest BCUT2D eigenvalue weighted by Crippen LogP contribution is 2.25. The Balaban J connectivity index is 1.68. The summed E-state index contributed by atoms with van der Waals surface area (Å²) in [6.07, 6.45) is 6.78. The molecule has 5 heteroatoms. The first-order valence-corrected chi connectivity index (χ1v) is 8.51. The largest absolute Gasteiger partial charge is 0.379 e. The molecule has 2 atom stereocenters. The maximum absolute atomic E-state index is 5.60. The summed E-state index contributed by atoms with van der Waals surface area (Å²) in [5, 5.41) is 3.36. The molecule has 1 aromatic carbocycles. The Morgan fingerprint density at radius 3 is 2.12 bits per heavy atom. The first kappa shape index (κ1) is 17.4. The second-order valence-corrected chi connectivity index (χ2v) is 6.06. The predicted molar refractivity (Wildman–Crippen MR) is 97.3 cm³/mol. The van der Waals surface area contributed by atoms with Gasteiger partial charge in [0.2, 0.25) is 5.95 Å². The third-order valence-corrected chi connectivity index (χ3v) is 4.46. The van der Waals surface area contributed by atoms with Crippen molar-refractivity contribution in [2.24, 2.45) is 0 Å². The van der Waals surface area contributed by atoms with Crippen LogP contribution in [0.15, 0.2) is 42.7 Å². The van der Waals surface area contributed by atoms with E-state index in [2.05, 4.69) is 27.1 Å². The lowest BCUT2D eigenvalue weighted by molar-refractivity contribution is -0.0213. The first-order valence-electron chi connectivity index (χ1n) is 8.51. The Morgan fingerprint density at radius 1 is 0.920 bits per heavy atom. The van der Waals surface area contributed by atoms with Crippen molar-refractivity contribution in [1.82, 2.24) is 9.97 Å². The van der Waals surface area contributed by atoms with Gasteiger partial charge >= 0.3 is 0 Å². The van der Waals surface area contributed by atoms with Gasteiger partial charge in [-0.1, -0.05) is 30.0 Å². The fourth-order valence-corrected chi connectivity index (χ4v) is 3.12. The summed E-state index contributed by atoms with van der Waals surface area (Å²) in [5.74, 6) is 6.75. The van der Waals surface area contributed by atoms with Crippen molar-refractivity contribution in [1.29, 1.82) is 0 Å². The lowest BCUT2D eigenvalue weighted by Gasteiger charge is -2.36. The van der Waals surface area contributed by atoms with Crippen molar-refractivity contribution >= 4 is 5.95 Å². The van der Waals surface area contributed by atoms with Crippen LogP contribution in [0.1, 0.15) is 30.4 Å². The number of nitrogens with one attached hydrogen (secondary N) is 1. The number of aromatic nitrogens is 2. The van der Waals surface area contributed by atoms with Crippen LogP contribution < -0.4 is 5.32 Å². The van der Waals surface area contributed by atoms with Gasteiger partial charge in [0.05, 0.1) is 23.8 Å². The molecule has 1 heterocycles. The SMILES string of the molecule is COC1CCCC(OC)C1Nc1ncc(C#Cc2ccccc2)cn1. The molecule has 5 nitrogen and oxygen atoms in total. The Morgan fingerprint density at radius 2 is 1.52 bits per heavy atom. The van der Waals surface area contributed by atoms with E-state index < -0.39 is 0 Å². The van der Waals surface area contributed by atoms with Crippen LogP contribution in [0.25, 0.3) is 0 Å². The van der Waals surface area contributed by atoms with Crippen molar-refractivity contribution in [2.75, 3.05) is 19.5 Å². The van der Waals surface area contributed by atoms with Crippen molar-refractivity contribution < 1.29 is 9.47 Å². The van der Waals surface area contributed by atoms with Gasteiger partial charge in [-0.2, -0.15) is 0 Å². The van der Waals surface area contributed by atoms with E-state index in [-0.39, 0.29) is 18.2 Å². The Labute approximate surface area is 148 Å². The van der Waals surface area contributed by atoms with E-state index in [9.17, 15) is 0 Å². The molecule has 3 rings (SSSR count). The zero-order valence-electron chi connectivity index (χ0n) is 14.6. The molecule has 0 amide bonds. The topological polar surface area (TPSA) is 56.3 Å². The van der Waals surface area contributed by atoms with Gasteiger partial charge in [-0.15, -0.1) is 0 Å². The van der Waals surface area contributed by atoms with Gasteiger partial charge in [0, 0.05) is 32.2 Å². The van der Waals surface area contributed by atoms with Crippen LogP contribution in [-0.2, 0) is 9.47 Å². The maximum Gasteiger partial charge on any atom is 0.223 e. The van der Waals surface area contributed by atoms with Crippen LogP contribution in [-0.4, -0.2) is 42.4 Å². The predicted octanol–water partition coefficient (Wildman–Crippen LogP) is 2.87. The number of methoxy groups -OCH3 is 2. The van der Waals surface area contributed by atoms with Crippen molar-refractivity contribution in [3.05, 3.63) is 53.9 Å². The molecule has 1 aliphatic carbocycles. The van der Waals surface area contributed by atoms with E-state index in [1.807, 2.05) is 30.3 Å². The molecular formula is C20H23N3O2. The molecule has 0 aliphatic heterocycles. The Hall–Kier alpha value is -2.42. The molecule has 1 N–H and O–H groups in total. The van der Waals surface area contributed by atoms with Gasteiger partial charge in [-0.05, 0) is 31.4 Å². The van der Waals surface area contributed by atoms with Crippen LogP contribution in [0.2, 0.25) is 0 Å². The van der Waals surface area contributed by atoms with Gasteiger partial charge in [0.15, 0.2) is 0 Å². The Bertz CT molecular complexity index is 710. The highest BCUT2D eigenvalue weighted by Gasteiger charge is 2.34. The van der Waals surface area contributed by atoms with Crippen LogP contribution in [0.4, 0.5) is 5.95 Å². The molecule has 2 aromatic rings. The third kappa shape index (κ3) is 4.56. The summed E-state index contributed by atoms with van der Waals surface area (Å²) in [5.41, 5.74) is 1.75. The molecule has 25 heavy (non-hydrogen) atoms. The summed E-state index contributed by atoms with van der Waals surface area (Å²) in [4.78, 5) is 8.77. The molecule has 1 saturated carbocycles. The molecule has 0 bridgehead atoms. The highest BCUT2D eigenvalue weighted by molar-refractivity contribution is 5.42. The molecule has 130 valence electrons. The zero-order valence-corrected chi connectivity index (χ0v) is 14.6. The quantitative estimate of drug-likeness (QED) is 0.870. The van der Waals surface area contributed by atoms with Gasteiger partial charge in [-0.3, -0.25) is 0 Å². The summed E-state index contributed by atoms with van der Waals surface area (Å²) in [6, 6.07) is 9.91. The lowest BCUT2D eigenvalue weighted by atomic mass is 9.89. The molecule has 0 spiro atoms. The second kappa shape index (κ2) is 8.61.